The number of non-ortho nitro benzene ring substituents is 1. The monoisotopic (exact) mass is 231 g/mol. The Morgan fingerprint density at radius 2 is 2.12 bits per heavy atom. The van der Waals surface area contributed by atoms with Gasteiger partial charge in [-0.3, -0.25) is 10.1 Å². The fraction of sp³-hybridized carbons (Fsp3) is 0.100. The number of hydrogen-bond acceptors (Lipinski definition) is 5. The summed E-state index contributed by atoms with van der Waals surface area (Å²) >= 11 is 0. The van der Waals surface area contributed by atoms with E-state index in [1.54, 1.807) is 18.2 Å². The smallest absolute Gasteiger partial charge is 0.258 e. The highest BCUT2D eigenvalue weighted by atomic mass is 16.6. The molecule has 1 aromatic carbocycles. The van der Waals surface area contributed by atoms with E-state index in [-0.39, 0.29) is 5.69 Å². The highest BCUT2D eigenvalue weighted by Crippen LogP contribution is 2.18. The zero-order valence-electron chi connectivity index (χ0n) is 8.85. The van der Waals surface area contributed by atoms with Crippen LogP contribution in [0.4, 0.5) is 5.69 Å². The third-order valence-corrected chi connectivity index (χ3v) is 2.08. The molecule has 7 nitrogen and oxygen atoms in total. The van der Waals surface area contributed by atoms with E-state index in [9.17, 15) is 10.1 Å². The van der Waals surface area contributed by atoms with E-state index in [0.29, 0.717) is 17.9 Å². The molecular formula is C10H9N5O2. The molecule has 0 amide bonds. The molecule has 1 aromatic heterocycles. The van der Waals surface area contributed by atoms with E-state index in [4.69, 9.17) is 0 Å². The standard InChI is InChI=1S/C10H9N5O2/c1-2-7-14-12-10(11-13-14)8-3-5-9(6-4-8)15(16)17/h2-6H,1,7H2. The largest absolute Gasteiger partial charge is 0.269 e. The second-order valence-corrected chi connectivity index (χ2v) is 3.26. The minimum absolute atomic E-state index is 0.0345. The molecule has 0 aliphatic heterocycles. The predicted octanol–water partition coefficient (Wildman–Crippen LogP) is 1.43. The van der Waals surface area contributed by atoms with Crippen LogP contribution < -0.4 is 0 Å². The summed E-state index contributed by atoms with van der Waals surface area (Å²) in [4.78, 5) is 11.4. The van der Waals surface area contributed by atoms with Crippen molar-refractivity contribution in [2.45, 2.75) is 6.54 Å². The third kappa shape index (κ3) is 2.33. The average Bonchev–Trinajstić information content (AvgIpc) is 2.78. The Bertz CT molecular complexity index is 546. The van der Waals surface area contributed by atoms with Gasteiger partial charge in [0.1, 0.15) is 0 Å². The molecule has 2 aromatic rings. The van der Waals surface area contributed by atoms with E-state index < -0.39 is 4.92 Å². The minimum atomic E-state index is -0.453. The summed E-state index contributed by atoms with van der Waals surface area (Å²) in [5.41, 5.74) is 0.721. The molecule has 17 heavy (non-hydrogen) atoms. The Labute approximate surface area is 96.5 Å². The van der Waals surface area contributed by atoms with Crippen molar-refractivity contribution < 1.29 is 4.92 Å². The highest BCUT2D eigenvalue weighted by molar-refractivity contribution is 5.56. The summed E-state index contributed by atoms with van der Waals surface area (Å²) in [7, 11) is 0. The molecule has 0 N–H and O–H groups in total. The molecule has 0 aliphatic rings. The summed E-state index contributed by atoms with van der Waals surface area (Å²) in [5, 5.41) is 22.2. The molecule has 0 saturated heterocycles. The van der Waals surface area contributed by atoms with Gasteiger partial charge in [-0.2, -0.15) is 4.80 Å². The SMILES string of the molecule is C=CCn1nnc(-c2ccc([N+](=O)[O-])cc2)n1. The Kier molecular flexibility index (Phi) is 2.91. The summed E-state index contributed by atoms with van der Waals surface area (Å²) < 4.78 is 0. The first kappa shape index (κ1) is 10.9. The Balaban J connectivity index is 2.26. The van der Waals surface area contributed by atoms with Crippen LogP contribution in [0.1, 0.15) is 0 Å². The van der Waals surface area contributed by atoms with Crippen LogP contribution in [0.5, 0.6) is 0 Å². The van der Waals surface area contributed by atoms with Crippen LogP contribution in [-0.4, -0.2) is 25.1 Å². The van der Waals surface area contributed by atoms with Crippen molar-refractivity contribution in [3.63, 3.8) is 0 Å². The molecular weight excluding hydrogens is 222 g/mol. The predicted molar refractivity (Wildman–Crippen MR) is 60.1 cm³/mol. The topological polar surface area (TPSA) is 86.7 Å². The van der Waals surface area contributed by atoms with E-state index in [2.05, 4.69) is 22.0 Å². The number of nitro groups is 1. The number of rotatable bonds is 4. The van der Waals surface area contributed by atoms with Crippen molar-refractivity contribution >= 4 is 5.69 Å². The Morgan fingerprint density at radius 1 is 1.41 bits per heavy atom. The van der Waals surface area contributed by atoms with E-state index in [1.807, 2.05) is 0 Å². The third-order valence-electron chi connectivity index (χ3n) is 2.08. The summed E-state index contributed by atoms with van der Waals surface area (Å²) in [6.07, 6.45) is 1.65. The number of aromatic nitrogens is 4. The van der Waals surface area contributed by atoms with E-state index in [0.717, 1.165) is 0 Å². The molecule has 0 fully saturated rings. The zero-order chi connectivity index (χ0) is 12.3. The van der Waals surface area contributed by atoms with Crippen LogP contribution in [0.15, 0.2) is 36.9 Å². The molecule has 0 radical (unpaired) electrons. The number of nitro benzene ring substituents is 1. The van der Waals surface area contributed by atoms with Gasteiger partial charge in [0.05, 0.1) is 11.5 Å². The molecule has 86 valence electrons. The maximum Gasteiger partial charge on any atom is 0.269 e. The fourth-order valence-corrected chi connectivity index (χ4v) is 1.28. The van der Waals surface area contributed by atoms with Gasteiger partial charge in [-0.1, -0.05) is 6.08 Å². The minimum Gasteiger partial charge on any atom is -0.258 e. The molecule has 0 spiro atoms. The fourth-order valence-electron chi connectivity index (χ4n) is 1.28. The number of allylic oxidation sites excluding steroid dienone is 1. The van der Waals surface area contributed by atoms with Crippen molar-refractivity contribution in [3.05, 3.63) is 47.0 Å². The van der Waals surface area contributed by atoms with Crippen LogP contribution in [-0.2, 0) is 6.54 Å². The molecule has 7 heteroatoms. The van der Waals surface area contributed by atoms with Crippen LogP contribution in [0.25, 0.3) is 11.4 Å². The second kappa shape index (κ2) is 4.52. The molecule has 0 aliphatic carbocycles. The van der Waals surface area contributed by atoms with Gasteiger partial charge in [0.25, 0.3) is 5.69 Å². The highest BCUT2D eigenvalue weighted by Gasteiger charge is 2.08. The Hall–Kier alpha value is -2.57. The van der Waals surface area contributed by atoms with Crippen LogP contribution in [0.2, 0.25) is 0 Å². The van der Waals surface area contributed by atoms with Gasteiger partial charge in [-0.15, -0.1) is 16.8 Å². The van der Waals surface area contributed by atoms with Crippen LogP contribution >= 0.6 is 0 Å². The lowest BCUT2D eigenvalue weighted by atomic mass is 10.2. The second-order valence-electron chi connectivity index (χ2n) is 3.26. The molecule has 0 unspecified atom stereocenters. The van der Waals surface area contributed by atoms with Crippen molar-refractivity contribution in [3.8, 4) is 11.4 Å². The number of benzene rings is 1. The molecule has 2 rings (SSSR count). The van der Waals surface area contributed by atoms with Gasteiger partial charge in [-0.25, -0.2) is 0 Å². The van der Waals surface area contributed by atoms with Crippen molar-refractivity contribution in [1.29, 1.82) is 0 Å². The van der Waals surface area contributed by atoms with Gasteiger partial charge in [-0.05, 0) is 17.3 Å². The van der Waals surface area contributed by atoms with Gasteiger partial charge in [0.2, 0.25) is 5.82 Å². The molecule has 0 saturated carbocycles. The first-order valence-corrected chi connectivity index (χ1v) is 4.84. The number of hydrogen-bond donors (Lipinski definition) is 0. The van der Waals surface area contributed by atoms with Crippen LogP contribution in [0.3, 0.4) is 0 Å². The molecule has 0 bridgehead atoms. The van der Waals surface area contributed by atoms with Crippen molar-refractivity contribution in [2.24, 2.45) is 0 Å². The summed E-state index contributed by atoms with van der Waals surface area (Å²) in [6.45, 7) is 4.04. The quantitative estimate of drug-likeness (QED) is 0.451. The Morgan fingerprint density at radius 3 is 2.71 bits per heavy atom. The normalized spacial score (nSPS) is 10.1. The lowest BCUT2D eigenvalue weighted by Crippen LogP contribution is -1.99. The lowest BCUT2D eigenvalue weighted by Gasteiger charge is -1.94. The van der Waals surface area contributed by atoms with E-state index in [1.165, 1.54) is 16.9 Å². The van der Waals surface area contributed by atoms with Gasteiger partial charge in [0, 0.05) is 17.7 Å². The van der Waals surface area contributed by atoms with Crippen LogP contribution in [0, 0.1) is 10.1 Å². The summed E-state index contributed by atoms with van der Waals surface area (Å²) in [5.74, 6) is 0.432. The summed E-state index contributed by atoms with van der Waals surface area (Å²) in [6, 6.07) is 5.99. The first-order chi connectivity index (χ1) is 8.20. The zero-order valence-corrected chi connectivity index (χ0v) is 8.85. The van der Waals surface area contributed by atoms with E-state index >= 15 is 0 Å². The molecule has 1 heterocycles. The lowest BCUT2D eigenvalue weighted by molar-refractivity contribution is -0.384. The number of tetrazole rings is 1. The molecule has 0 atom stereocenters. The van der Waals surface area contributed by atoms with Crippen molar-refractivity contribution in [2.75, 3.05) is 0 Å². The van der Waals surface area contributed by atoms with Gasteiger partial charge >= 0.3 is 0 Å². The van der Waals surface area contributed by atoms with Crippen molar-refractivity contribution in [1.82, 2.24) is 20.2 Å². The number of nitrogens with zero attached hydrogens (tertiary/aromatic N) is 5. The average molecular weight is 231 g/mol. The van der Waals surface area contributed by atoms with Gasteiger partial charge < -0.3 is 0 Å². The maximum atomic E-state index is 10.5. The first-order valence-electron chi connectivity index (χ1n) is 4.84. The van der Waals surface area contributed by atoms with Gasteiger partial charge in [0.15, 0.2) is 0 Å². The maximum absolute atomic E-state index is 10.5.